The van der Waals surface area contributed by atoms with E-state index in [1.807, 2.05) is 0 Å². The Morgan fingerprint density at radius 1 is 0.250 bits per heavy atom. The van der Waals surface area contributed by atoms with E-state index in [0.29, 0.717) is 0 Å². The number of esters is 8. The maximum Gasteiger partial charge on any atom is 0.309 e. The van der Waals surface area contributed by atoms with Crippen LogP contribution in [0.2, 0.25) is 0 Å². The smallest absolute Gasteiger partial charge is 0.309 e. The number of hydrogen-bond donors (Lipinski definition) is 0. The molecule has 0 aromatic carbocycles. The summed E-state index contributed by atoms with van der Waals surface area (Å²) >= 11 is 0. The van der Waals surface area contributed by atoms with Gasteiger partial charge in [0.1, 0.15) is 48.8 Å². The van der Waals surface area contributed by atoms with Crippen LogP contribution in [0.1, 0.15) is 107 Å². The van der Waals surface area contributed by atoms with E-state index in [-0.39, 0.29) is 51.4 Å². The van der Waals surface area contributed by atoms with E-state index in [1.165, 1.54) is 55.4 Å². The van der Waals surface area contributed by atoms with Gasteiger partial charge in [-0.25, -0.2) is 0 Å². The van der Waals surface area contributed by atoms with Crippen LogP contribution in [0.15, 0.2) is 0 Å². The van der Waals surface area contributed by atoms with E-state index in [1.54, 1.807) is 0 Å². The highest BCUT2D eigenvalue weighted by Gasteiger charge is 2.26. The van der Waals surface area contributed by atoms with Crippen molar-refractivity contribution in [1.29, 1.82) is 0 Å². The van der Waals surface area contributed by atoms with Crippen LogP contribution in [0, 0.1) is 0 Å². The molecule has 0 aromatic rings. The molecule has 1 fully saturated rings. The Hall–Kier alpha value is -4.24. The van der Waals surface area contributed by atoms with Crippen molar-refractivity contribution in [3.63, 3.8) is 0 Å². The second kappa shape index (κ2) is 20.9. The average Bonchev–Trinajstić information content (AvgIpc) is 2.85. The zero-order valence-electron chi connectivity index (χ0n) is 28.8. The second-order valence-corrected chi connectivity index (χ2v) is 12.0. The van der Waals surface area contributed by atoms with Crippen LogP contribution in [0.4, 0.5) is 0 Å². The molecule has 8 atom stereocenters. The monoisotopic (exact) mass is 688 g/mol. The summed E-state index contributed by atoms with van der Waals surface area (Å²) in [6.07, 6.45) is -9.61. The van der Waals surface area contributed by atoms with Crippen LogP contribution >= 0.6 is 0 Å². The minimum Gasteiger partial charge on any atom is -0.462 e. The molecule has 0 aliphatic carbocycles. The molecule has 0 bridgehead atoms. The number of rotatable bonds is 0. The highest BCUT2D eigenvalue weighted by molar-refractivity contribution is 5.77. The molecule has 0 amide bonds. The second-order valence-electron chi connectivity index (χ2n) is 12.0. The van der Waals surface area contributed by atoms with Crippen LogP contribution in [-0.4, -0.2) is 96.6 Å². The first kappa shape index (κ1) is 41.8. The third-order valence-corrected chi connectivity index (χ3v) is 6.29. The van der Waals surface area contributed by atoms with Gasteiger partial charge < -0.3 is 37.9 Å². The molecule has 0 N–H and O–H groups in total. The first-order chi connectivity index (χ1) is 22.3. The fourth-order valence-corrected chi connectivity index (χ4v) is 4.39. The molecule has 1 aliphatic rings. The number of carbonyl (C=O) groups excluding carboxylic acids is 8. The lowest BCUT2D eigenvalue weighted by Crippen LogP contribution is -2.29. The van der Waals surface area contributed by atoms with E-state index in [4.69, 9.17) is 37.9 Å². The van der Waals surface area contributed by atoms with Gasteiger partial charge in [0, 0.05) is 0 Å². The number of hydrogen-bond acceptors (Lipinski definition) is 16. The van der Waals surface area contributed by atoms with Crippen molar-refractivity contribution in [2.24, 2.45) is 0 Å². The van der Waals surface area contributed by atoms with Crippen molar-refractivity contribution in [3.8, 4) is 0 Å². The third kappa shape index (κ3) is 19.4. The Morgan fingerprint density at radius 2 is 0.333 bits per heavy atom. The number of carbonyl (C=O) groups is 8. The Morgan fingerprint density at radius 3 is 0.417 bits per heavy atom. The fraction of sp³-hybridized carbons (Fsp3) is 0.750. The van der Waals surface area contributed by atoms with Gasteiger partial charge in [-0.05, 0) is 55.4 Å². The summed E-state index contributed by atoms with van der Waals surface area (Å²) in [6.45, 7) is 11.7. The van der Waals surface area contributed by atoms with Gasteiger partial charge in [0.05, 0.1) is 51.4 Å². The molecule has 1 rings (SSSR count). The van der Waals surface area contributed by atoms with Gasteiger partial charge >= 0.3 is 47.8 Å². The van der Waals surface area contributed by atoms with Crippen molar-refractivity contribution in [2.45, 2.75) is 156 Å². The molecule has 0 spiro atoms. The predicted octanol–water partition coefficient (Wildman–Crippen LogP) is 2.57. The summed E-state index contributed by atoms with van der Waals surface area (Å²) in [5.41, 5.74) is 0. The Labute approximate surface area is 279 Å². The largest absolute Gasteiger partial charge is 0.462 e. The molecule has 1 heterocycles. The highest BCUT2D eigenvalue weighted by Crippen LogP contribution is 2.13. The molecular formula is C32H48O16. The lowest BCUT2D eigenvalue weighted by Gasteiger charge is -2.20. The van der Waals surface area contributed by atoms with Gasteiger partial charge in [0.2, 0.25) is 0 Å². The lowest BCUT2D eigenvalue weighted by molar-refractivity contribution is -0.162. The number of ether oxygens (including phenoxy) is 8. The quantitative estimate of drug-likeness (QED) is 0.264. The van der Waals surface area contributed by atoms with E-state index in [9.17, 15) is 38.4 Å². The van der Waals surface area contributed by atoms with Gasteiger partial charge in [-0.15, -0.1) is 0 Å². The van der Waals surface area contributed by atoms with E-state index < -0.39 is 96.6 Å². The number of cyclic esters (lactones) is 8. The first-order valence-electron chi connectivity index (χ1n) is 15.9. The molecule has 1 aliphatic heterocycles. The van der Waals surface area contributed by atoms with Crippen LogP contribution in [0.3, 0.4) is 0 Å². The van der Waals surface area contributed by atoms with Crippen molar-refractivity contribution < 1.29 is 76.3 Å². The summed E-state index contributed by atoms with van der Waals surface area (Å²) in [6, 6.07) is 0. The maximum atomic E-state index is 12.3. The molecule has 272 valence electrons. The summed E-state index contributed by atoms with van der Waals surface area (Å²) < 4.78 is 41.5. The Kier molecular flexibility index (Phi) is 18.2. The van der Waals surface area contributed by atoms with E-state index in [0.717, 1.165) is 0 Å². The molecule has 1 unspecified atom stereocenters. The zero-order valence-corrected chi connectivity index (χ0v) is 28.8. The van der Waals surface area contributed by atoms with Crippen LogP contribution in [0.5, 0.6) is 0 Å². The minimum atomic E-state index is -0.888. The molecule has 48 heavy (non-hydrogen) atoms. The van der Waals surface area contributed by atoms with Crippen LogP contribution in [-0.2, 0) is 76.3 Å². The maximum absolute atomic E-state index is 12.3. The normalized spacial score (nSPS) is 31.5. The third-order valence-electron chi connectivity index (χ3n) is 6.29. The van der Waals surface area contributed by atoms with Crippen molar-refractivity contribution in [2.75, 3.05) is 0 Å². The SMILES string of the molecule is CC1CC(=O)O[C@H](C)CC(=O)O[C@H](C)CC(=O)O[C@@H](C)CC(=O)O[C@@H](C)CC(=O)O[C@H](C)CC(=O)O[C@H](C)CC(=O)O[C@@H](C)CC(=O)O1. The van der Waals surface area contributed by atoms with Crippen molar-refractivity contribution in [1.82, 2.24) is 0 Å². The van der Waals surface area contributed by atoms with E-state index >= 15 is 0 Å². The zero-order chi connectivity index (χ0) is 36.6. The minimum absolute atomic E-state index is 0.313. The van der Waals surface area contributed by atoms with Crippen molar-refractivity contribution >= 4 is 47.8 Å². The fourth-order valence-electron chi connectivity index (χ4n) is 4.39. The van der Waals surface area contributed by atoms with Gasteiger partial charge in [-0.1, -0.05) is 0 Å². The highest BCUT2D eigenvalue weighted by atomic mass is 16.6. The van der Waals surface area contributed by atoms with Gasteiger partial charge in [0.15, 0.2) is 0 Å². The summed E-state index contributed by atoms with van der Waals surface area (Å²) in [5, 5.41) is 0. The molecule has 0 aromatic heterocycles. The predicted molar refractivity (Wildman–Crippen MR) is 161 cm³/mol. The molecule has 0 radical (unpaired) electrons. The molecular weight excluding hydrogens is 640 g/mol. The lowest BCUT2D eigenvalue weighted by atomic mass is 10.2. The molecule has 16 nitrogen and oxygen atoms in total. The standard InChI is InChI=1S/C32H48O16/c1-17-9-25(33)42-19(3)11-27(35)44-21(5)13-29(37)46-23(7)15-31(39)48-24(8)16-32(40)47-22(6)14-30(38)45-20(4)12-28(36)43-18(2)10-26(34)41-17/h17-24H,9-16H2,1-8H3/t17-,18-,19+,20+,21+,22+,23-,24?/m0/s1. The summed E-state index contributed by atoms with van der Waals surface area (Å²) in [5.74, 6) is -5.92. The van der Waals surface area contributed by atoms with Gasteiger partial charge in [-0.3, -0.25) is 38.4 Å². The van der Waals surface area contributed by atoms with Gasteiger partial charge in [-0.2, -0.15) is 0 Å². The topological polar surface area (TPSA) is 210 Å². The summed E-state index contributed by atoms with van der Waals surface area (Å²) in [7, 11) is 0. The average molecular weight is 689 g/mol. The Bertz CT molecular complexity index is 821. The molecule has 1 saturated heterocycles. The molecule has 0 saturated carbocycles. The van der Waals surface area contributed by atoms with E-state index in [2.05, 4.69) is 0 Å². The first-order valence-corrected chi connectivity index (χ1v) is 15.9. The van der Waals surface area contributed by atoms with Crippen LogP contribution in [0.25, 0.3) is 0 Å². The molecule has 16 heteroatoms. The Balaban J connectivity index is 2.87. The van der Waals surface area contributed by atoms with Crippen LogP contribution < -0.4 is 0 Å². The van der Waals surface area contributed by atoms with Crippen molar-refractivity contribution in [3.05, 3.63) is 0 Å². The van der Waals surface area contributed by atoms with Gasteiger partial charge in [0.25, 0.3) is 0 Å². The summed E-state index contributed by atoms with van der Waals surface area (Å²) in [4.78, 5) is 98.3.